The van der Waals surface area contributed by atoms with Gasteiger partial charge in [0.1, 0.15) is 12.1 Å². The Bertz CT molecular complexity index is 958. The van der Waals surface area contributed by atoms with Crippen molar-refractivity contribution in [2.45, 2.75) is 49.7 Å². The van der Waals surface area contributed by atoms with Gasteiger partial charge in [-0.2, -0.15) is 0 Å². The number of nitrogens with zero attached hydrogens (tertiary/aromatic N) is 1. The first-order valence-corrected chi connectivity index (χ1v) is 10.9. The standard InChI is InChI=1S/C24H25ClFNO4/c1-30-22(28)20-14-18(31-21-7-3-2-6-19(21)26)15-27(20)23(29)24(12-4-5-13-24)16-8-10-17(25)11-9-16/h2-3,6-11,18,20H,4-5,12-15H2,1H3. The fraction of sp³-hybridized carbons (Fsp3) is 0.417. The maximum Gasteiger partial charge on any atom is 0.328 e. The van der Waals surface area contributed by atoms with Crippen LogP contribution in [0.1, 0.15) is 37.7 Å². The van der Waals surface area contributed by atoms with Crippen LogP contribution >= 0.6 is 11.6 Å². The van der Waals surface area contributed by atoms with E-state index in [9.17, 15) is 14.0 Å². The molecule has 0 spiro atoms. The first-order chi connectivity index (χ1) is 14.9. The van der Waals surface area contributed by atoms with Crippen LogP contribution < -0.4 is 4.74 Å². The highest BCUT2D eigenvalue weighted by Gasteiger charge is 2.51. The molecule has 2 aliphatic rings. The van der Waals surface area contributed by atoms with Gasteiger partial charge in [0.25, 0.3) is 0 Å². The van der Waals surface area contributed by atoms with E-state index in [0.29, 0.717) is 17.9 Å². The quantitative estimate of drug-likeness (QED) is 0.635. The van der Waals surface area contributed by atoms with Crippen LogP contribution in [0.3, 0.4) is 0 Å². The minimum absolute atomic E-state index is 0.109. The van der Waals surface area contributed by atoms with Gasteiger partial charge in [-0.15, -0.1) is 0 Å². The van der Waals surface area contributed by atoms with E-state index in [1.807, 2.05) is 12.1 Å². The number of esters is 1. The molecule has 31 heavy (non-hydrogen) atoms. The monoisotopic (exact) mass is 445 g/mol. The highest BCUT2D eigenvalue weighted by Crippen LogP contribution is 2.44. The number of methoxy groups -OCH3 is 1. The Morgan fingerprint density at radius 2 is 1.77 bits per heavy atom. The van der Waals surface area contributed by atoms with E-state index in [-0.39, 0.29) is 24.6 Å². The van der Waals surface area contributed by atoms with Gasteiger partial charge in [0.2, 0.25) is 5.91 Å². The Hall–Kier alpha value is -2.60. The highest BCUT2D eigenvalue weighted by molar-refractivity contribution is 6.30. The molecule has 1 amide bonds. The zero-order valence-electron chi connectivity index (χ0n) is 17.4. The van der Waals surface area contributed by atoms with Gasteiger partial charge in [-0.1, -0.05) is 48.7 Å². The smallest absolute Gasteiger partial charge is 0.328 e. The van der Waals surface area contributed by atoms with Crippen LogP contribution in [0.2, 0.25) is 5.02 Å². The molecule has 7 heteroatoms. The van der Waals surface area contributed by atoms with Crippen LogP contribution in [0, 0.1) is 5.82 Å². The van der Waals surface area contributed by atoms with Gasteiger partial charge < -0.3 is 14.4 Å². The number of hydrogen-bond donors (Lipinski definition) is 0. The Labute approximate surface area is 186 Å². The van der Waals surface area contributed by atoms with Crippen molar-refractivity contribution in [3.8, 4) is 5.75 Å². The second-order valence-electron chi connectivity index (χ2n) is 8.20. The molecule has 0 N–H and O–H groups in total. The van der Waals surface area contributed by atoms with E-state index in [1.54, 1.807) is 35.2 Å². The van der Waals surface area contributed by atoms with Crippen LogP contribution in [0.15, 0.2) is 48.5 Å². The van der Waals surface area contributed by atoms with Crippen LogP contribution in [-0.2, 0) is 19.7 Å². The van der Waals surface area contributed by atoms with Gasteiger partial charge in [-0.3, -0.25) is 4.79 Å². The van der Waals surface area contributed by atoms with Crippen LogP contribution in [-0.4, -0.2) is 42.6 Å². The number of carbonyl (C=O) groups is 2. The number of benzene rings is 2. The summed E-state index contributed by atoms with van der Waals surface area (Å²) >= 11 is 6.06. The van der Waals surface area contributed by atoms with Crippen LogP contribution in [0.4, 0.5) is 4.39 Å². The van der Waals surface area contributed by atoms with Crippen LogP contribution in [0.25, 0.3) is 0 Å². The Morgan fingerprint density at radius 3 is 2.42 bits per heavy atom. The second-order valence-corrected chi connectivity index (χ2v) is 8.63. The zero-order valence-corrected chi connectivity index (χ0v) is 18.1. The molecule has 2 unspecified atom stereocenters. The van der Waals surface area contributed by atoms with Crippen molar-refractivity contribution in [1.82, 2.24) is 4.90 Å². The van der Waals surface area contributed by atoms with Crippen molar-refractivity contribution in [2.24, 2.45) is 0 Å². The fourth-order valence-corrected chi connectivity index (χ4v) is 4.96. The third-order valence-electron chi connectivity index (χ3n) is 6.39. The summed E-state index contributed by atoms with van der Waals surface area (Å²) in [5, 5.41) is 0.608. The number of halogens is 2. The van der Waals surface area contributed by atoms with Crippen molar-refractivity contribution in [1.29, 1.82) is 0 Å². The lowest BCUT2D eigenvalue weighted by Gasteiger charge is -2.35. The number of carbonyl (C=O) groups excluding carboxylic acids is 2. The molecular formula is C24H25ClFNO4. The summed E-state index contributed by atoms with van der Waals surface area (Å²) in [6.45, 7) is 0.197. The van der Waals surface area contributed by atoms with Gasteiger partial charge in [0.05, 0.1) is 19.1 Å². The van der Waals surface area contributed by atoms with E-state index < -0.39 is 29.3 Å². The molecule has 1 saturated carbocycles. The van der Waals surface area contributed by atoms with Crippen molar-refractivity contribution >= 4 is 23.5 Å². The number of amides is 1. The maximum absolute atomic E-state index is 14.1. The van der Waals surface area contributed by atoms with E-state index in [2.05, 4.69) is 0 Å². The number of para-hydroxylation sites is 1. The molecule has 1 heterocycles. The lowest BCUT2D eigenvalue weighted by molar-refractivity contribution is -0.153. The van der Waals surface area contributed by atoms with Gasteiger partial charge in [-0.05, 0) is 42.7 Å². The molecule has 2 aromatic carbocycles. The normalized spacial score (nSPS) is 22.4. The first-order valence-electron chi connectivity index (χ1n) is 10.5. The van der Waals surface area contributed by atoms with E-state index >= 15 is 0 Å². The van der Waals surface area contributed by atoms with Gasteiger partial charge in [0.15, 0.2) is 11.6 Å². The maximum atomic E-state index is 14.1. The number of hydrogen-bond acceptors (Lipinski definition) is 4. The molecule has 1 saturated heterocycles. The largest absolute Gasteiger partial charge is 0.485 e. The number of likely N-dealkylation sites (tertiary alicyclic amines) is 1. The molecule has 2 atom stereocenters. The third kappa shape index (κ3) is 4.13. The zero-order chi connectivity index (χ0) is 22.0. The average Bonchev–Trinajstić information content (AvgIpc) is 3.43. The highest BCUT2D eigenvalue weighted by atomic mass is 35.5. The third-order valence-corrected chi connectivity index (χ3v) is 6.64. The SMILES string of the molecule is COC(=O)C1CC(Oc2ccccc2F)CN1C(=O)C1(c2ccc(Cl)cc2)CCCC1. The summed E-state index contributed by atoms with van der Waals surface area (Å²) in [6.07, 6.45) is 3.02. The Kier molecular flexibility index (Phi) is 6.19. The summed E-state index contributed by atoms with van der Waals surface area (Å²) in [5.74, 6) is -0.964. The lowest BCUT2D eigenvalue weighted by atomic mass is 9.77. The molecule has 0 aromatic heterocycles. The van der Waals surface area contributed by atoms with Crippen molar-refractivity contribution in [3.63, 3.8) is 0 Å². The van der Waals surface area contributed by atoms with Crippen molar-refractivity contribution < 1.29 is 23.5 Å². The van der Waals surface area contributed by atoms with Gasteiger partial charge in [-0.25, -0.2) is 9.18 Å². The summed E-state index contributed by atoms with van der Waals surface area (Å²) in [5.41, 5.74) is 0.200. The predicted molar refractivity (Wildman–Crippen MR) is 115 cm³/mol. The molecule has 2 fully saturated rings. The minimum atomic E-state index is -0.765. The molecule has 164 valence electrons. The molecule has 0 radical (unpaired) electrons. The summed E-state index contributed by atoms with van der Waals surface area (Å²) < 4.78 is 24.9. The molecular weight excluding hydrogens is 421 g/mol. The summed E-state index contributed by atoms with van der Waals surface area (Å²) in [7, 11) is 1.31. The number of ether oxygens (including phenoxy) is 2. The van der Waals surface area contributed by atoms with Gasteiger partial charge >= 0.3 is 5.97 Å². The van der Waals surface area contributed by atoms with Crippen molar-refractivity contribution in [3.05, 3.63) is 64.9 Å². The fourth-order valence-electron chi connectivity index (χ4n) is 4.84. The molecule has 1 aliphatic heterocycles. The minimum Gasteiger partial charge on any atom is -0.485 e. The topological polar surface area (TPSA) is 55.8 Å². The lowest BCUT2D eigenvalue weighted by Crippen LogP contribution is -2.50. The molecule has 5 nitrogen and oxygen atoms in total. The molecule has 2 aromatic rings. The average molecular weight is 446 g/mol. The van der Waals surface area contributed by atoms with Crippen LogP contribution in [0.5, 0.6) is 5.75 Å². The number of rotatable bonds is 5. The van der Waals surface area contributed by atoms with Gasteiger partial charge in [0, 0.05) is 11.4 Å². The molecule has 0 bridgehead atoms. The summed E-state index contributed by atoms with van der Waals surface area (Å²) in [4.78, 5) is 28.0. The molecule has 1 aliphatic carbocycles. The molecule has 4 rings (SSSR count). The van der Waals surface area contributed by atoms with E-state index in [1.165, 1.54) is 13.2 Å². The predicted octanol–water partition coefficient (Wildman–Crippen LogP) is 4.51. The first kappa shape index (κ1) is 21.6. The Balaban J connectivity index is 1.63. The Morgan fingerprint density at radius 1 is 1.10 bits per heavy atom. The van der Waals surface area contributed by atoms with Crippen molar-refractivity contribution in [2.75, 3.05) is 13.7 Å². The van der Waals surface area contributed by atoms with E-state index in [4.69, 9.17) is 21.1 Å². The summed E-state index contributed by atoms with van der Waals surface area (Å²) in [6, 6.07) is 12.7. The van der Waals surface area contributed by atoms with E-state index in [0.717, 1.165) is 18.4 Å². The second kappa shape index (κ2) is 8.87.